The van der Waals surface area contributed by atoms with Gasteiger partial charge in [0.1, 0.15) is 24.4 Å². The van der Waals surface area contributed by atoms with Crippen LogP contribution < -0.4 is 14.8 Å². The molecule has 2 saturated heterocycles. The van der Waals surface area contributed by atoms with E-state index >= 15 is 0 Å². The smallest absolute Gasteiger partial charge is 0.328 e. The molecule has 0 amide bonds. The average molecular weight is 512 g/mol. The monoisotopic (exact) mass is 511 g/mol. The Bertz CT molecular complexity index is 1310. The zero-order valence-electron chi connectivity index (χ0n) is 20.9. The van der Waals surface area contributed by atoms with Crippen LogP contribution in [0, 0.1) is 25.2 Å². The van der Waals surface area contributed by atoms with E-state index in [0.717, 1.165) is 11.1 Å². The molecule has 3 heterocycles. The van der Waals surface area contributed by atoms with Crippen molar-refractivity contribution in [3.63, 3.8) is 0 Å². The van der Waals surface area contributed by atoms with Gasteiger partial charge in [0.05, 0.1) is 25.3 Å². The van der Waals surface area contributed by atoms with Crippen LogP contribution in [0.5, 0.6) is 28.7 Å². The fourth-order valence-corrected chi connectivity index (χ4v) is 5.92. The number of esters is 1. The Labute approximate surface area is 213 Å². The van der Waals surface area contributed by atoms with Crippen molar-refractivity contribution in [3.8, 4) is 34.8 Å². The summed E-state index contributed by atoms with van der Waals surface area (Å²) in [5, 5.41) is 46.4. The number of nitriles is 1. The molecule has 4 N–H and O–H groups in total. The second kappa shape index (κ2) is 9.30. The third-order valence-electron chi connectivity index (χ3n) is 7.57. The second-order valence-electron chi connectivity index (χ2n) is 9.56. The Kier molecular flexibility index (Phi) is 6.27. The third-order valence-corrected chi connectivity index (χ3v) is 7.57. The van der Waals surface area contributed by atoms with Crippen LogP contribution in [0.2, 0.25) is 0 Å². The summed E-state index contributed by atoms with van der Waals surface area (Å²) in [5.41, 5.74) is 2.62. The molecule has 0 aromatic heterocycles. The standard InChI is InChI=1S/C26H29N3O8/c1-11-5-13-6-15-16(8-27)29-17(20(28-15)19(13)24(32)25(11)35-4)9-36-26(33)21(29)14-7-18(37-10-34-3)12(2)22(30)23(14)31/h5,7,15-17,20-21,28,30-32H,6,9-10H2,1-4H3/t15-,16-,17-,20-,21+/m0/s1. The number of cyclic esters (lactones) is 1. The van der Waals surface area contributed by atoms with Crippen molar-refractivity contribution in [3.05, 3.63) is 39.9 Å². The highest BCUT2D eigenvalue weighted by Crippen LogP contribution is 2.51. The molecule has 3 aliphatic heterocycles. The number of benzene rings is 2. The number of hydrogen-bond acceptors (Lipinski definition) is 11. The number of rotatable bonds is 5. The Hall–Kier alpha value is -3.72. The van der Waals surface area contributed by atoms with E-state index in [4.69, 9.17) is 18.9 Å². The fourth-order valence-electron chi connectivity index (χ4n) is 5.92. The van der Waals surface area contributed by atoms with E-state index in [1.54, 1.807) is 11.8 Å². The van der Waals surface area contributed by atoms with Crippen LogP contribution in [0.4, 0.5) is 0 Å². The molecule has 5 atom stereocenters. The van der Waals surface area contributed by atoms with E-state index < -0.39 is 41.6 Å². The van der Waals surface area contributed by atoms with Gasteiger partial charge < -0.3 is 39.6 Å². The zero-order valence-corrected chi connectivity index (χ0v) is 20.9. The van der Waals surface area contributed by atoms with Gasteiger partial charge in [0, 0.05) is 29.8 Å². The number of aryl methyl sites for hydroxylation is 1. The number of carbonyl (C=O) groups is 1. The maximum Gasteiger partial charge on any atom is 0.328 e. The molecule has 0 radical (unpaired) electrons. The van der Waals surface area contributed by atoms with Crippen LogP contribution in [-0.2, 0) is 20.7 Å². The molecule has 2 bridgehead atoms. The van der Waals surface area contributed by atoms with Crippen molar-refractivity contribution < 1.29 is 39.1 Å². The van der Waals surface area contributed by atoms with Crippen LogP contribution >= 0.6 is 0 Å². The fraction of sp³-hybridized carbons (Fsp3) is 0.462. The summed E-state index contributed by atoms with van der Waals surface area (Å²) in [7, 11) is 2.93. The number of hydrogen-bond donors (Lipinski definition) is 4. The van der Waals surface area contributed by atoms with E-state index in [2.05, 4.69) is 11.4 Å². The number of aromatic hydroxyl groups is 3. The molecule has 2 fully saturated rings. The van der Waals surface area contributed by atoms with Gasteiger partial charge in [0.15, 0.2) is 29.8 Å². The Morgan fingerprint density at radius 1 is 1.19 bits per heavy atom. The Morgan fingerprint density at radius 3 is 2.62 bits per heavy atom. The summed E-state index contributed by atoms with van der Waals surface area (Å²) < 4.78 is 21.5. The predicted octanol–water partition coefficient (Wildman–Crippen LogP) is 1.84. The molecule has 3 aliphatic rings. The number of morpholine rings is 1. The Balaban J connectivity index is 1.66. The number of nitrogens with zero attached hydrogens (tertiary/aromatic N) is 2. The third kappa shape index (κ3) is 3.71. The first-order chi connectivity index (χ1) is 17.7. The summed E-state index contributed by atoms with van der Waals surface area (Å²) in [6, 6.07) is 2.34. The quantitative estimate of drug-likeness (QED) is 0.264. The number of phenols is 3. The van der Waals surface area contributed by atoms with Gasteiger partial charge in [-0.15, -0.1) is 0 Å². The molecule has 2 aromatic carbocycles. The highest BCUT2D eigenvalue weighted by atomic mass is 16.7. The van der Waals surface area contributed by atoms with E-state index in [0.29, 0.717) is 17.7 Å². The number of piperazine rings is 1. The number of nitrogens with one attached hydrogen (secondary N) is 1. The van der Waals surface area contributed by atoms with E-state index in [1.165, 1.54) is 20.3 Å². The lowest BCUT2D eigenvalue weighted by Gasteiger charge is -2.55. The first-order valence-corrected chi connectivity index (χ1v) is 11.9. The van der Waals surface area contributed by atoms with Crippen LogP contribution in [0.15, 0.2) is 12.1 Å². The Morgan fingerprint density at radius 2 is 1.95 bits per heavy atom. The first kappa shape index (κ1) is 25.0. The molecule has 37 heavy (non-hydrogen) atoms. The maximum atomic E-state index is 13.2. The predicted molar refractivity (Wildman–Crippen MR) is 129 cm³/mol. The number of carbonyl (C=O) groups excluding carboxylic acids is 1. The summed E-state index contributed by atoms with van der Waals surface area (Å²) >= 11 is 0. The van der Waals surface area contributed by atoms with Gasteiger partial charge >= 0.3 is 5.97 Å². The molecule has 0 spiro atoms. The summed E-state index contributed by atoms with van der Waals surface area (Å²) in [5.74, 6) is -1.02. The van der Waals surface area contributed by atoms with Crippen molar-refractivity contribution in [1.82, 2.24) is 10.2 Å². The largest absolute Gasteiger partial charge is 0.504 e. The van der Waals surface area contributed by atoms with Gasteiger partial charge in [0.25, 0.3) is 0 Å². The first-order valence-electron chi connectivity index (χ1n) is 11.9. The lowest BCUT2D eigenvalue weighted by Crippen LogP contribution is -2.69. The molecule has 0 saturated carbocycles. The molecular weight excluding hydrogens is 482 g/mol. The number of methoxy groups -OCH3 is 2. The van der Waals surface area contributed by atoms with Gasteiger partial charge in [-0.1, -0.05) is 6.07 Å². The SMILES string of the molecule is COCOc1cc([C@@H]2C(=O)OC[C@H]3[C@@H]4N[C@@H](Cc5cc(C)c(OC)c(O)c54)[C@H](C#N)N23)c(O)c(O)c1C. The normalized spacial score (nSPS) is 26.5. The highest BCUT2D eigenvalue weighted by Gasteiger charge is 2.55. The molecule has 11 nitrogen and oxygen atoms in total. The molecule has 5 rings (SSSR count). The minimum atomic E-state index is -1.21. The summed E-state index contributed by atoms with van der Waals surface area (Å²) in [6.45, 7) is 3.25. The van der Waals surface area contributed by atoms with Crippen molar-refractivity contribution >= 4 is 5.97 Å². The van der Waals surface area contributed by atoms with Crippen molar-refractivity contribution in [2.45, 2.75) is 50.5 Å². The van der Waals surface area contributed by atoms with Crippen LogP contribution in [0.1, 0.15) is 39.9 Å². The van der Waals surface area contributed by atoms with Crippen LogP contribution in [0.25, 0.3) is 0 Å². The molecule has 0 unspecified atom stereocenters. The van der Waals surface area contributed by atoms with Crippen molar-refractivity contribution in [1.29, 1.82) is 5.26 Å². The van der Waals surface area contributed by atoms with Gasteiger partial charge in [-0.3, -0.25) is 4.90 Å². The number of fused-ring (bicyclic) bond motifs is 6. The van der Waals surface area contributed by atoms with Crippen LogP contribution in [-0.4, -0.2) is 71.9 Å². The summed E-state index contributed by atoms with van der Waals surface area (Å²) in [6.07, 6.45) is 0.431. The molecule has 0 aliphatic carbocycles. The van der Waals surface area contributed by atoms with Gasteiger partial charge in [-0.05, 0) is 37.5 Å². The molecular formula is C26H29N3O8. The van der Waals surface area contributed by atoms with Gasteiger partial charge in [0.2, 0.25) is 0 Å². The van der Waals surface area contributed by atoms with E-state index in [9.17, 15) is 25.4 Å². The lowest BCUT2D eigenvalue weighted by atomic mass is 9.77. The van der Waals surface area contributed by atoms with Crippen LogP contribution in [0.3, 0.4) is 0 Å². The minimum absolute atomic E-state index is 0.00309. The lowest BCUT2D eigenvalue weighted by molar-refractivity contribution is -0.171. The van der Waals surface area contributed by atoms with Gasteiger partial charge in [-0.2, -0.15) is 5.26 Å². The highest BCUT2D eigenvalue weighted by molar-refractivity contribution is 5.81. The average Bonchev–Trinajstić information content (AvgIpc) is 2.87. The van der Waals surface area contributed by atoms with E-state index in [-0.39, 0.29) is 42.1 Å². The summed E-state index contributed by atoms with van der Waals surface area (Å²) in [4.78, 5) is 15.0. The van der Waals surface area contributed by atoms with E-state index in [1.807, 2.05) is 13.0 Å². The second-order valence-corrected chi connectivity index (χ2v) is 9.56. The minimum Gasteiger partial charge on any atom is -0.504 e. The zero-order chi connectivity index (χ0) is 26.6. The van der Waals surface area contributed by atoms with Crippen molar-refractivity contribution in [2.75, 3.05) is 27.6 Å². The van der Waals surface area contributed by atoms with Crippen molar-refractivity contribution in [2.24, 2.45) is 0 Å². The molecule has 196 valence electrons. The topological polar surface area (TPSA) is 154 Å². The number of ether oxygens (including phenoxy) is 4. The maximum absolute atomic E-state index is 13.2. The molecule has 2 aromatic rings. The molecule has 11 heteroatoms. The number of phenolic OH excluding ortho intramolecular Hbond substituents is 3. The van der Waals surface area contributed by atoms with Gasteiger partial charge in [-0.25, -0.2) is 4.79 Å².